The van der Waals surface area contributed by atoms with Crippen LogP contribution in [0.5, 0.6) is 0 Å². The van der Waals surface area contributed by atoms with Crippen LogP contribution in [0.1, 0.15) is 29.0 Å². The van der Waals surface area contributed by atoms with E-state index in [0.717, 1.165) is 27.8 Å². The standard InChI is InChI=1S/C25H22ClNO4/c26-17-11-9-16(10-12-17)13-18(14-24(28)29)27-25(30)31-15-23-21-7-3-1-5-19(21)20-6-2-4-8-22(20)23/h1-12,18,23H,13-15H2,(H,27,30)(H,28,29). The smallest absolute Gasteiger partial charge is 0.407 e. The molecule has 0 aliphatic heterocycles. The fourth-order valence-corrected chi connectivity index (χ4v) is 4.22. The van der Waals surface area contributed by atoms with E-state index in [-0.39, 0.29) is 18.9 Å². The lowest BCUT2D eigenvalue weighted by atomic mass is 9.98. The second-order valence-electron chi connectivity index (χ2n) is 7.60. The summed E-state index contributed by atoms with van der Waals surface area (Å²) in [6, 6.07) is 22.7. The molecule has 5 nitrogen and oxygen atoms in total. The van der Waals surface area contributed by atoms with Crippen molar-refractivity contribution < 1.29 is 19.4 Å². The van der Waals surface area contributed by atoms with Crippen LogP contribution in [0, 0.1) is 0 Å². The van der Waals surface area contributed by atoms with Crippen molar-refractivity contribution in [1.82, 2.24) is 5.32 Å². The third-order valence-electron chi connectivity index (χ3n) is 5.48. The van der Waals surface area contributed by atoms with Crippen molar-refractivity contribution >= 4 is 23.7 Å². The van der Waals surface area contributed by atoms with E-state index >= 15 is 0 Å². The van der Waals surface area contributed by atoms with Gasteiger partial charge in [0.25, 0.3) is 0 Å². The van der Waals surface area contributed by atoms with Crippen molar-refractivity contribution in [2.45, 2.75) is 24.8 Å². The van der Waals surface area contributed by atoms with Gasteiger partial charge in [0.15, 0.2) is 0 Å². The number of carboxylic acids is 1. The molecule has 1 aliphatic carbocycles. The van der Waals surface area contributed by atoms with Gasteiger partial charge in [-0.3, -0.25) is 4.79 Å². The van der Waals surface area contributed by atoms with Crippen LogP contribution in [0.2, 0.25) is 5.02 Å². The molecule has 1 amide bonds. The summed E-state index contributed by atoms with van der Waals surface area (Å²) in [5.41, 5.74) is 5.44. The Morgan fingerprint density at radius 3 is 2.10 bits per heavy atom. The summed E-state index contributed by atoms with van der Waals surface area (Å²) in [5, 5.41) is 12.5. The van der Waals surface area contributed by atoms with Crippen molar-refractivity contribution in [3.8, 4) is 11.1 Å². The van der Waals surface area contributed by atoms with E-state index < -0.39 is 18.1 Å². The molecule has 3 aromatic carbocycles. The maximum atomic E-state index is 12.5. The highest BCUT2D eigenvalue weighted by Gasteiger charge is 2.29. The molecule has 3 aromatic rings. The number of hydrogen-bond donors (Lipinski definition) is 2. The third kappa shape index (κ3) is 4.89. The predicted octanol–water partition coefficient (Wildman–Crippen LogP) is 5.26. The molecule has 0 saturated carbocycles. The Morgan fingerprint density at radius 2 is 1.52 bits per heavy atom. The molecule has 0 saturated heterocycles. The molecule has 0 heterocycles. The number of alkyl carbamates (subject to hydrolysis) is 1. The average Bonchev–Trinajstić information content (AvgIpc) is 3.07. The molecule has 158 valence electrons. The number of hydrogen-bond acceptors (Lipinski definition) is 3. The fourth-order valence-electron chi connectivity index (χ4n) is 4.10. The summed E-state index contributed by atoms with van der Waals surface area (Å²) in [7, 11) is 0. The first kappa shape index (κ1) is 20.9. The zero-order valence-electron chi connectivity index (χ0n) is 16.8. The van der Waals surface area contributed by atoms with Crippen LogP contribution in [-0.2, 0) is 16.0 Å². The average molecular weight is 436 g/mol. The quantitative estimate of drug-likeness (QED) is 0.530. The molecule has 1 aliphatic rings. The number of rotatable bonds is 7. The van der Waals surface area contributed by atoms with Gasteiger partial charge in [-0.05, 0) is 46.4 Å². The van der Waals surface area contributed by atoms with Crippen LogP contribution >= 0.6 is 11.6 Å². The monoisotopic (exact) mass is 435 g/mol. The molecule has 0 radical (unpaired) electrons. The SMILES string of the molecule is O=C(O)CC(Cc1ccc(Cl)cc1)NC(=O)OCC1c2ccccc2-c2ccccc21. The number of aliphatic carboxylic acids is 1. The molecule has 1 atom stereocenters. The highest BCUT2D eigenvalue weighted by atomic mass is 35.5. The van der Waals surface area contributed by atoms with Crippen LogP contribution in [0.15, 0.2) is 72.8 Å². The van der Waals surface area contributed by atoms with Crippen LogP contribution in [0.3, 0.4) is 0 Å². The number of carbonyl (C=O) groups excluding carboxylic acids is 1. The summed E-state index contributed by atoms with van der Waals surface area (Å²) in [6.07, 6.45) is -0.456. The lowest BCUT2D eigenvalue weighted by Crippen LogP contribution is -2.39. The molecule has 0 spiro atoms. The van der Waals surface area contributed by atoms with Gasteiger partial charge in [0.05, 0.1) is 6.42 Å². The van der Waals surface area contributed by atoms with Crippen molar-refractivity contribution in [2.75, 3.05) is 6.61 Å². The minimum absolute atomic E-state index is 0.0488. The predicted molar refractivity (Wildman–Crippen MR) is 119 cm³/mol. The molecule has 2 N–H and O–H groups in total. The lowest BCUT2D eigenvalue weighted by molar-refractivity contribution is -0.137. The van der Waals surface area contributed by atoms with E-state index in [9.17, 15) is 14.7 Å². The maximum absolute atomic E-state index is 12.5. The second-order valence-corrected chi connectivity index (χ2v) is 8.03. The zero-order chi connectivity index (χ0) is 21.8. The van der Waals surface area contributed by atoms with E-state index in [2.05, 4.69) is 29.6 Å². The van der Waals surface area contributed by atoms with Crippen LogP contribution in [0.25, 0.3) is 11.1 Å². The van der Waals surface area contributed by atoms with Gasteiger partial charge in [-0.25, -0.2) is 4.79 Å². The molecule has 1 unspecified atom stereocenters. The minimum Gasteiger partial charge on any atom is -0.481 e. The summed E-state index contributed by atoms with van der Waals surface area (Å²) in [4.78, 5) is 23.8. The molecule has 4 rings (SSSR count). The van der Waals surface area contributed by atoms with E-state index in [4.69, 9.17) is 16.3 Å². The summed E-state index contributed by atoms with van der Waals surface area (Å²) in [6.45, 7) is 0.181. The number of carboxylic acid groups (broad SMARTS) is 1. The number of nitrogens with one attached hydrogen (secondary N) is 1. The van der Waals surface area contributed by atoms with Crippen molar-refractivity contribution in [1.29, 1.82) is 0 Å². The molecule has 0 fully saturated rings. The first-order valence-corrected chi connectivity index (χ1v) is 10.5. The highest BCUT2D eigenvalue weighted by molar-refractivity contribution is 6.30. The summed E-state index contributed by atoms with van der Waals surface area (Å²) in [5.74, 6) is -1.04. The molecular weight excluding hydrogens is 414 g/mol. The molecule has 0 aromatic heterocycles. The van der Waals surface area contributed by atoms with E-state index in [1.807, 2.05) is 36.4 Å². The zero-order valence-corrected chi connectivity index (χ0v) is 17.5. The second kappa shape index (κ2) is 9.23. The molecule has 6 heteroatoms. The van der Waals surface area contributed by atoms with E-state index in [0.29, 0.717) is 11.4 Å². The summed E-state index contributed by atoms with van der Waals surface area (Å²) < 4.78 is 5.54. The number of benzene rings is 3. The third-order valence-corrected chi connectivity index (χ3v) is 5.73. The first-order chi connectivity index (χ1) is 15.0. The number of carbonyl (C=O) groups is 2. The van der Waals surface area contributed by atoms with Crippen molar-refractivity contribution in [3.63, 3.8) is 0 Å². The van der Waals surface area contributed by atoms with Crippen molar-refractivity contribution in [3.05, 3.63) is 94.5 Å². The van der Waals surface area contributed by atoms with Gasteiger partial charge in [-0.1, -0.05) is 72.3 Å². The lowest BCUT2D eigenvalue weighted by Gasteiger charge is -2.19. The summed E-state index contributed by atoms with van der Waals surface area (Å²) >= 11 is 5.91. The van der Waals surface area contributed by atoms with Gasteiger partial charge < -0.3 is 15.2 Å². The number of halogens is 1. The van der Waals surface area contributed by atoms with Crippen LogP contribution in [0.4, 0.5) is 4.79 Å². The van der Waals surface area contributed by atoms with Gasteiger partial charge in [-0.15, -0.1) is 0 Å². The van der Waals surface area contributed by atoms with Gasteiger partial charge in [0, 0.05) is 17.0 Å². The van der Waals surface area contributed by atoms with Crippen LogP contribution < -0.4 is 5.32 Å². The van der Waals surface area contributed by atoms with E-state index in [1.54, 1.807) is 12.1 Å². The minimum atomic E-state index is -0.988. The number of amides is 1. The Morgan fingerprint density at radius 1 is 0.935 bits per heavy atom. The Bertz CT molecular complexity index is 1050. The van der Waals surface area contributed by atoms with Crippen molar-refractivity contribution in [2.24, 2.45) is 0 Å². The maximum Gasteiger partial charge on any atom is 0.407 e. The highest BCUT2D eigenvalue weighted by Crippen LogP contribution is 2.44. The van der Waals surface area contributed by atoms with Gasteiger partial charge in [0.2, 0.25) is 0 Å². The molecule has 31 heavy (non-hydrogen) atoms. The van der Waals surface area contributed by atoms with Crippen LogP contribution in [-0.4, -0.2) is 29.8 Å². The Labute approximate surface area is 185 Å². The van der Waals surface area contributed by atoms with E-state index in [1.165, 1.54) is 0 Å². The van der Waals surface area contributed by atoms with Gasteiger partial charge >= 0.3 is 12.1 Å². The number of ether oxygens (including phenoxy) is 1. The Balaban J connectivity index is 1.42. The van der Waals surface area contributed by atoms with Gasteiger partial charge in [0.1, 0.15) is 6.61 Å². The molecule has 0 bridgehead atoms. The Kier molecular flexibility index (Phi) is 6.23. The van der Waals surface area contributed by atoms with Gasteiger partial charge in [-0.2, -0.15) is 0 Å². The topological polar surface area (TPSA) is 75.6 Å². The fraction of sp³-hybridized carbons (Fsp3) is 0.200. The first-order valence-electron chi connectivity index (χ1n) is 10.1. The largest absolute Gasteiger partial charge is 0.481 e. The number of fused-ring (bicyclic) bond motifs is 3. The normalized spacial score (nSPS) is 13.2. The molecular formula is C25H22ClNO4. The Hall–Kier alpha value is -3.31.